The largest absolute Gasteiger partial charge is 0.389 e. The van der Waals surface area contributed by atoms with E-state index in [1.165, 1.54) is 24.3 Å². The third-order valence-electron chi connectivity index (χ3n) is 2.27. The normalized spacial score (nSPS) is 12.7. The first-order valence-electron chi connectivity index (χ1n) is 4.87. The summed E-state index contributed by atoms with van der Waals surface area (Å²) < 4.78 is 36.0. The standard InChI is InChI=1S/C10H11F3N2O2.ClH/c11-10(12,13)6-5-8(14)7-3-1-2-4-9(7)15(16)17;/h1-4,8H,5-6,14H2;1H/t8-;/m0./s1. The van der Waals surface area contributed by atoms with Gasteiger partial charge in [0.1, 0.15) is 0 Å². The van der Waals surface area contributed by atoms with Crippen LogP contribution in [0.15, 0.2) is 24.3 Å². The average molecular weight is 285 g/mol. The molecule has 0 unspecified atom stereocenters. The molecule has 0 heterocycles. The Balaban J connectivity index is 0.00000289. The Bertz CT molecular complexity index is 412. The van der Waals surface area contributed by atoms with Gasteiger partial charge in [-0.25, -0.2) is 0 Å². The van der Waals surface area contributed by atoms with Gasteiger partial charge in [0.2, 0.25) is 0 Å². The maximum Gasteiger partial charge on any atom is 0.389 e. The number of hydrogen-bond acceptors (Lipinski definition) is 3. The Kier molecular flexibility index (Phi) is 6.07. The number of nitro benzene ring substituents is 1. The van der Waals surface area contributed by atoms with Crippen molar-refractivity contribution in [2.45, 2.75) is 25.1 Å². The minimum absolute atomic E-state index is 0. The van der Waals surface area contributed by atoms with Gasteiger partial charge in [-0.1, -0.05) is 18.2 Å². The van der Waals surface area contributed by atoms with Crippen molar-refractivity contribution in [1.29, 1.82) is 0 Å². The van der Waals surface area contributed by atoms with E-state index in [9.17, 15) is 23.3 Å². The zero-order valence-electron chi connectivity index (χ0n) is 9.18. The number of para-hydroxylation sites is 1. The summed E-state index contributed by atoms with van der Waals surface area (Å²) in [5.74, 6) is 0. The monoisotopic (exact) mass is 284 g/mol. The molecule has 8 heteroatoms. The van der Waals surface area contributed by atoms with Crippen LogP contribution in [-0.4, -0.2) is 11.1 Å². The van der Waals surface area contributed by atoms with Crippen LogP contribution in [0.3, 0.4) is 0 Å². The third-order valence-corrected chi connectivity index (χ3v) is 2.27. The van der Waals surface area contributed by atoms with E-state index in [-0.39, 0.29) is 30.1 Å². The summed E-state index contributed by atoms with van der Waals surface area (Å²) in [6.45, 7) is 0. The van der Waals surface area contributed by atoms with Gasteiger partial charge in [0, 0.05) is 24.1 Å². The lowest BCUT2D eigenvalue weighted by molar-refractivity contribution is -0.385. The Hall–Kier alpha value is -1.34. The number of hydrogen-bond donors (Lipinski definition) is 1. The van der Waals surface area contributed by atoms with Crippen LogP contribution in [0.5, 0.6) is 0 Å². The number of benzene rings is 1. The molecule has 0 amide bonds. The molecule has 1 rings (SSSR count). The van der Waals surface area contributed by atoms with Crippen LogP contribution in [0.2, 0.25) is 0 Å². The van der Waals surface area contributed by atoms with Crippen LogP contribution >= 0.6 is 12.4 Å². The van der Waals surface area contributed by atoms with E-state index in [2.05, 4.69) is 0 Å². The number of alkyl halides is 3. The van der Waals surface area contributed by atoms with E-state index in [1.54, 1.807) is 0 Å². The highest BCUT2D eigenvalue weighted by molar-refractivity contribution is 5.85. The highest BCUT2D eigenvalue weighted by Crippen LogP contribution is 2.30. The Morgan fingerprint density at radius 2 is 1.89 bits per heavy atom. The van der Waals surface area contributed by atoms with Crippen LogP contribution in [0, 0.1) is 10.1 Å². The lowest BCUT2D eigenvalue weighted by atomic mass is 10.0. The molecule has 0 aromatic heterocycles. The quantitative estimate of drug-likeness (QED) is 0.681. The van der Waals surface area contributed by atoms with Crippen molar-refractivity contribution in [2.75, 3.05) is 0 Å². The number of rotatable bonds is 4. The van der Waals surface area contributed by atoms with Crippen LogP contribution in [0.25, 0.3) is 0 Å². The predicted molar refractivity (Wildman–Crippen MR) is 62.6 cm³/mol. The highest BCUT2D eigenvalue weighted by atomic mass is 35.5. The zero-order valence-corrected chi connectivity index (χ0v) is 10.0. The fourth-order valence-corrected chi connectivity index (χ4v) is 1.44. The molecule has 0 bridgehead atoms. The SMILES string of the molecule is Cl.N[C@@H](CCC(F)(F)F)c1ccccc1[N+](=O)[O-]. The van der Waals surface area contributed by atoms with Gasteiger partial charge >= 0.3 is 6.18 Å². The Morgan fingerprint density at radius 3 is 2.39 bits per heavy atom. The molecule has 0 aliphatic heterocycles. The van der Waals surface area contributed by atoms with Crippen molar-refractivity contribution in [3.63, 3.8) is 0 Å². The molecule has 0 saturated heterocycles. The highest BCUT2D eigenvalue weighted by Gasteiger charge is 2.29. The van der Waals surface area contributed by atoms with Gasteiger partial charge in [-0.2, -0.15) is 13.2 Å². The summed E-state index contributed by atoms with van der Waals surface area (Å²) in [6.07, 6.45) is -5.73. The summed E-state index contributed by atoms with van der Waals surface area (Å²) in [5, 5.41) is 10.7. The molecule has 1 aromatic rings. The fourth-order valence-electron chi connectivity index (χ4n) is 1.44. The maximum atomic E-state index is 12.0. The Morgan fingerprint density at radius 1 is 1.33 bits per heavy atom. The number of nitrogens with zero attached hydrogens (tertiary/aromatic N) is 1. The lowest BCUT2D eigenvalue weighted by Crippen LogP contribution is -2.16. The molecule has 0 saturated carbocycles. The summed E-state index contributed by atoms with van der Waals surface area (Å²) in [6, 6.07) is 4.56. The lowest BCUT2D eigenvalue weighted by Gasteiger charge is -2.13. The van der Waals surface area contributed by atoms with Crippen molar-refractivity contribution in [3.05, 3.63) is 39.9 Å². The molecule has 0 radical (unpaired) electrons. The topological polar surface area (TPSA) is 69.2 Å². The Labute approximate surface area is 108 Å². The molecule has 0 aliphatic carbocycles. The van der Waals surface area contributed by atoms with E-state index >= 15 is 0 Å². The van der Waals surface area contributed by atoms with E-state index in [1.807, 2.05) is 0 Å². The van der Waals surface area contributed by atoms with Crippen molar-refractivity contribution < 1.29 is 18.1 Å². The second-order valence-electron chi connectivity index (χ2n) is 3.58. The smallest absolute Gasteiger partial charge is 0.324 e. The number of nitrogens with two attached hydrogens (primary N) is 1. The van der Waals surface area contributed by atoms with Gasteiger partial charge in [-0.3, -0.25) is 10.1 Å². The van der Waals surface area contributed by atoms with Gasteiger partial charge in [0.15, 0.2) is 0 Å². The van der Waals surface area contributed by atoms with Gasteiger partial charge in [-0.15, -0.1) is 12.4 Å². The summed E-state index contributed by atoms with van der Waals surface area (Å²) in [7, 11) is 0. The van der Waals surface area contributed by atoms with E-state index in [0.29, 0.717) is 0 Å². The van der Waals surface area contributed by atoms with Gasteiger partial charge in [0.25, 0.3) is 5.69 Å². The second-order valence-corrected chi connectivity index (χ2v) is 3.58. The van der Waals surface area contributed by atoms with E-state index in [0.717, 1.165) is 0 Å². The molecular weight excluding hydrogens is 273 g/mol. The third kappa shape index (κ3) is 4.89. The molecule has 1 aromatic carbocycles. The average Bonchev–Trinajstić information content (AvgIpc) is 2.25. The van der Waals surface area contributed by atoms with Crippen LogP contribution in [-0.2, 0) is 0 Å². The molecule has 102 valence electrons. The van der Waals surface area contributed by atoms with Gasteiger partial charge in [-0.05, 0) is 6.42 Å². The minimum Gasteiger partial charge on any atom is -0.324 e. The molecule has 18 heavy (non-hydrogen) atoms. The van der Waals surface area contributed by atoms with Gasteiger partial charge in [0.05, 0.1) is 4.92 Å². The number of halogens is 4. The van der Waals surface area contributed by atoms with Crippen molar-refractivity contribution in [3.8, 4) is 0 Å². The first-order chi connectivity index (χ1) is 7.81. The summed E-state index contributed by atoms with van der Waals surface area (Å²) >= 11 is 0. The minimum atomic E-state index is -4.30. The second kappa shape index (κ2) is 6.55. The summed E-state index contributed by atoms with van der Waals surface area (Å²) in [4.78, 5) is 10.0. The van der Waals surface area contributed by atoms with E-state index < -0.39 is 23.6 Å². The molecule has 1 atom stereocenters. The zero-order chi connectivity index (χ0) is 13.1. The molecule has 4 nitrogen and oxygen atoms in total. The fraction of sp³-hybridized carbons (Fsp3) is 0.400. The van der Waals surface area contributed by atoms with Crippen molar-refractivity contribution in [1.82, 2.24) is 0 Å². The van der Waals surface area contributed by atoms with Crippen LogP contribution < -0.4 is 5.73 Å². The van der Waals surface area contributed by atoms with Crippen molar-refractivity contribution >= 4 is 18.1 Å². The molecule has 2 N–H and O–H groups in total. The van der Waals surface area contributed by atoms with Gasteiger partial charge < -0.3 is 5.73 Å². The predicted octanol–water partition coefficient (Wildman–Crippen LogP) is 3.36. The van der Waals surface area contributed by atoms with Crippen molar-refractivity contribution in [2.24, 2.45) is 5.73 Å². The summed E-state index contributed by atoms with van der Waals surface area (Å²) in [5.41, 5.74) is 5.41. The number of nitro groups is 1. The first kappa shape index (κ1) is 16.7. The molecule has 0 spiro atoms. The first-order valence-corrected chi connectivity index (χ1v) is 4.87. The van der Waals surface area contributed by atoms with E-state index in [4.69, 9.17) is 5.73 Å². The molecule has 0 aliphatic rings. The van der Waals surface area contributed by atoms with Crippen LogP contribution in [0.1, 0.15) is 24.4 Å². The maximum absolute atomic E-state index is 12.0. The molecule has 0 fully saturated rings. The molecular formula is C10H12ClF3N2O2. The van der Waals surface area contributed by atoms with Crippen LogP contribution in [0.4, 0.5) is 18.9 Å².